The Labute approximate surface area is 134 Å². The van der Waals surface area contributed by atoms with Gasteiger partial charge in [0, 0.05) is 15.7 Å². The van der Waals surface area contributed by atoms with Crippen LogP contribution in [-0.4, -0.2) is 19.4 Å². The number of nitrogens with zero attached hydrogens (tertiary/aromatic N) is 1. The largest absolute Gasteiger partial charge is 0.334 e. The van der Waals surface area contributed by atoms with E-state index in [4.69, 9.17) is 11.6 Å². The van der Waals surface area contributed by atoms with Crippen molar-refractivity contribution in [2.24, 2.45) is 0 Å². The third-order valence-corrected chi connectivity index (χ3v) is 4.35. The zero-order valence-electron chi connectivity index (χ0n) is 10.4. The molecule has 9 heteroatoms. The predicted octanol–water partition coefficient (Wildman–Crippen LogP) is 3.01. The van der Waals surface area contributed by atoms with Gasteiger partial charge in [-0.15, -0.1) is 0 Å². The second kappa shape index (κ2) is 6.42. The Morgan fingerprint density at radius 2 is 2.00 bits per heavy atom. The van der Waals surface area contributed by atoms with Crippen LogP contribution in [-0.2, 0) is 10.0 Å². The van der Waals surface area contributed by atoms with Gasteiger partial charge in [0.05, 0.1) is 4.90 Å². The molecule has 2 amide bonds. The van der Waals surface area contributed by atoms with E-state index in [0.717, 1.165) is 0 Å². The number of pyridine rings is 1. The molecule has 0 fully saturated rings. The quantitative estimate of drug-likeness (QED) is 0.843. The van der Waals surface area contributed by atoms with Crippen LogP contribution < -0.4 is 10.0 Å². The maximum Gasteiger partial charge on any atom is 0.334 e. The normalized spacial score (nSPS) is 11.0. The van der Waals surface area contributed by atoms with Gasteiger partial charge in [-0.2, -0.15) is 0 Å². The van der Waals surface area contributed by atoms with Crippen molar-refractivity contribution in [3.05, 3.63) is 52.1 Å². The van der Waals surface area contributed by atoms with E-state index in [1.807, 2.05) is 4.72 Å². The predicted molar refractivity (Wildman–Crippen MR) is 82.7 cm³/mol. The topological polar surface area (TPSA) is 88.2 Å². The Balaban J connectivity index is 2.12. The summed E-state index contributed by atoms with van der Waals surface area (Å²) in [6.45, 7) is 0. The van der Waals surface area contributed by atoms with Crippen LogP contribution in [0.5, 0.6) is 0 Å². The highest BCUT2D eigenvalue weighted by Crippen LogP contribution is 2.16. The van der Waals surface area contributed by atoms with Crippen molar-refractivity contribution in [3.63, 3.8) is 0 Å². The number of sulfonamides is 1. The molecular weight excluding hydrogens is 382 g/mol. The summed E-state index contributed by atoms with van der Waals surface area (Å²) in [4.78, 5) is 15.5. The van der Waals surface area contributed by atoms with Gasteiger partial charge in [-0.1, -0.05) is 33.6 Å². The lowest BCUT2D eigenvalue weighted by molar-refractivity contribution is 0.256. The molecule has 1 aromatic heterocycles. The van der Waals surface area contributed by atoms with Crippen LogP contribution in [0.3, 0.4) is 0 Å². The summed E-state index contributed by atoms with van der Waals surface area (Å²) in [6, 6.07) is 7.88. The Bertz CT molecular complexity index is 783. The van der Waals surface area contributed by atoms with Crippen molar-refractivity contribution in [2.75, 3.05) is 5.32 Å². The molecule has 2 aromatic rings. The summed E-state index contributed by atoms with van der Waals surface area (Å²) in [7, 11) is -4.00. The molecule has 0 spiro atoms. The molecule has 1 heterocycles. The number of amides is 2. The minimum Gasteiger partial charge on any atom is -0.291 e. The molecule has 0 bridgehead atoms. The summed E-state index contributed by atoms with van der Waals surface area (Å²) < 4.78 is 26.6. The first-order chi connectivity index (χ1) is 9.87. The van der Waals surface area contributed by atoms with E-state index < -0.39 is 16.1 Å². The molecule has 2 N–H and O–H groups in total. The number of urea groups is 1. The molecule has 0 saturated heterocycles. The zero-order chi connectivity index (χ0) is 15.5. The van der Waals surface area contributed by atoms with Crippen LogP contribution in [0.1, 0.15) is 0 Å². The molecule has 0 atom stereocenters. The molecule has 0 unspecified atom stereocenters. The number of aromatic nitrogens is 1. The van der Waals surface area contributed by atoms with Crippen molar-refractivity contribution in [1.82, 2.24) is 9.71 Å². The molecule has 0 radical (unpaired) electrons. The lowest BCUT2D eigenvalue weighted by Crippen LogP contribution is -2.34. The van der Waals surface area contributed by atoms with Crippen molar-refractivity contribution in [1.29, 1.82) is 0 Å². The van der Waals surface area contributed by atoms with E-state index in [9.17, 15) is 13.2 Å². The number of halogens is 2. The third-order valence-electron chi connectivity index (χ3n) is 2.30. The number of hydrogen-bond acceptors (Lipinski definition) is 4. The van der Waals surface area contributed by atoms with E-state index in [1.165, 1.54) is 36.5 Å². The Kier molecular flexibility index (Phi) is 4.81. The fourth-order valence-electron chi connectivity index (χ4n) is 1.43. The molecule has 0 aliphatic heterocycles. The highest BCUT2D eigenvalue weighted by molar-refractivity contribution is 9.10. The smallest absolute Gasteiger partial charge is 0.291 e. The number of benzene rings is 1. The van der Waals surface area contributed by atoms with Crippen LogP contribution in [0, 0.1) is 0 Å². The summed E-state index contributed by atoms with van der Waals surface area (Å²) in [5.41, 5.74) is 0. The second-order valence-electron chi connectivity index (χ2n) is 3.88. The van der Waals surface area contributed by atoms with Gasteiger partial charge in [0.15, 0.2) is 0 Å². The van der Waals surface area contributed by atoms with Gasteiger partial charge >= 0.3 is 6.03 Å². The van der Waals surface area contributed by atoms with E-state index in [-0.39, 0.29) is 15.7 Å². The Morgan fingerprint density at radius 1 is 1.24 bits per heavy atom. The minimum atomic E-state index is -4.00. The van der Waals surface area contributed by atoms with Gasteiger partial charge in [0.25, 0.3) is 10.0 Å². The highest BCUT2D eigenvalue weighted by Gasteiger charge is 2.18. The molecule has 6 nitrogen and oxygen atoms in total. The van der Waals surface area contributed by atoms with Gasteiger partial charge in [0.2, 0.25) is 0 Å². The molecule has 110 valence electrons. The first kappa shape index (κ1) is 15.7. The molecule has 0 aliphatic rings. The first-order valence-corrected chi connectivity index (χ1v) is 8.23. The minimum absolute atomic E-state index is 0.104. The molecule has 1 aromatic carbocycles. The molecule has 0 saturated carbocycles. The fraction of sp³-hybridized carbons (Fsp3) is 0. The average molecular weight is 391 g/mol. The maximum absolute atomic E-state index is 12.0. The van der Waals surface area contributed by atoms with Crippen molar-refractivity contribution in [2.45, 2.75) is 4.90 Å². The zero-order valence-corrected chi connectivity index (χ0v) is 13.5. The first-order valence-electron chi connectivity index (χ1n) is 5.58. The van der Waals surface area contributed by atoms with E-state index in [0.29, 0.717) is 4.47 Å². The van der Waals surface area contributed by atoms with Gasteiger partial charge in [-0.25, -0.2) is 22.9 Å². The highest BCUT2D eigenvalue weighted by atomic mass is 79.9. The lowest BCUT2D eigenvalue weighted by Gasteiger charge is -2.08. The third kappa shape index (κ3) is 4.42. The van der Waals surface area contributed by atoms with Crippen LogP contribution in [0.25, 0.3) is 0 Å². The van der Waals surface area contributed by atoms with Gasteiger partial charge < -0.3 is 0 Å². The Morgan fingerprint density at radius 3 is 2.67 bits per heavy atom. The number of hydrogen-bond donors (Lipinski definition) is 2. The van der Waals surface area contributed by atoms with E-state index >= 15 is 0 Å². The number of carbonyl (C=O) groups is 1. The number of anilines is 1. The van der Waals surface area contributed by atoms with Gasteiger partial charge in [-0.05, 0) is 30.3 Å². The number of nitrogens with one attached hydrogen (secondary N) is 2. The van der Waals surface area contributed by atoms with Crippen LogP contribution >= 0.6 is 27.5 Å². The van der Waals surface area contributed by atoms with Gasteiger partial charge in [0.1, 0.15) is 5.82 Å². The number of rotatable bonds is 3. The molecular formula is C12H9BrClN3O3S. The van der Waals surface area contributed by atoms with Crippen molar-refractivity contribution in [3.8, 4) is 0 Å². The average Bonchev–Trinajstić information content (AvgIpc) is 2.37. The monoisotopic (exact) mass is 389 g/mol. The second-order valence-corrected chi connectivity index (χ2v) is 6.91. The Hall–Kier alpha value is -1.64. The molecule has 21 heavy (non-hydrogen) atoms. The van der Waals surface area contributed by atoms with Crippen LogP contribution in [0.4, 0.5) is 10.6 Å². The lowest BCUT2D eigenvalue weighted by atomic mass is 10.4. The summed E-state index contributed by atoms with van der Waals surface area (Å²) in [5.74, 6) is 0.211. The SMILES string of the molecule is O=C(Nc1cc(Br)ccn1)NS(=O)(=O)c1cccc(Cl)c1. The van der Waals surface area contributed by atoms with Crippen molar-refractivity contribution >= 4 is 49.4 Å². The summed E-state index contributed by atoms with van der Waals surface area (Å²) in [5, 5.41) is 2.58. The maximum atomic E-state index is 12.0. The molecule has 2 rings (SSSR count). The van der Waals surface area contributed by atoms with E-state index in [1.54, 1.807) is 6.07 Å². The van der Waals surface area contributed by atoms with E-state index in [2.05, 4.69) is 26.2 Å². The van der Waals surface area contributed by atoms with Crippen LogP contribution in [0.15, 0.2) is 52.0 Å². The summed E-state index contributed by atoms with van der Waals surface area (Å²) >= 11 is 8.94. The molecule has 0 aliphatic carbocycles. The standard InChI is InChI=1S/C12H9BrClN3O3S/c13-8-4-5-15-11(6-8)16-12(18)17-21(19,20)10-3-1-2-9(14)7-10/h1-7H,(H2,15,16,17,18). The van der Waals surface area contributed by atoms with Crippen molar-refractivity contribution < 1.29 is 13.2 Å². The fourth-order valence-corrected chi connectivity index (χ4v) is 2.97. The number of carbonyl (C=O) groups excluding carboxylic acids is 1. The summed E-state index contributed by atoms with van der Waals surface area (Å²) in [6.07, 6.45) is 1.46. The van der Waals surface area contributed by atoms with Gasteiger partial charge in [-0.3, -0.25) is 5.32 Å². The van der Waals surface area contributed by atoms with Crippen LogP contribution in [0.2, 0.25) is 5.02 Å².